The molecule has 6 atom stereocenters. The molecule has 1 unspecified atom stereocenters. The number of carbonyl (C=O) groups is 1. The lowest BCUT2D eigenvalue weighted by Crippen LogP contribution is -2.51. The Bertz CT molecular complexity index is 960. The summed E-state index contributed by atoms with van der Waals surface area (Å²) < 4.78 is 9.87. The fraction of sp³-hybridized carbons (Fsp3) is 0.643. The number of rotatable bonds is 6. The third kappa shape index (κ3) is 4.09. The Hall–Kier alpha value is -2.18. The number of hydrogen-bond donors (Lipinski definition) is 1. The van der Waals surface area contributed by atoms with E-state index in [1.807, 2.05) is 12.4 Å². The van der Waals surface area contributed by atoms with E-state index in [1.54, 1.807) is 12.7 Å². The van der Waals surface area contributed by atoms with Crippen molar-refractivity contribution < 1.29 is 19.1 Å². The highest BCUT2D eigenvalue weighted by Crippen LogP contribution is 2.66. The summed E-state index contributed by atoms with van der Waals surface area (Å²) in [6.07, 6.45) is 16.3. The highest BCUT2D eigenvalue weighted by atomic mass is 16.8. The van der Waals surface area contributed by atoms with Gasteiger partial charge >= 0.3 is 6.16 Å². The van der Waals surface area contributed by atoms with Gasteiger partial charge in [0.05, 0.1) is 12.6 Å². The van der Waals surface area contributed by atoms with Crippen LogP contribution in [0.4, 0.5) is 4.79 Å². The van der Waals surface area contributed by atoms with Gasteiger partial charge in [-0.2, -0.15) is 0 Å². The van der Waals surface area contributed by atoms with Crippen molar-refractivity contribution in [1.82, 2.24) is 10.5 Å². The van der Waals surface area contributed by atoms with E-state index in [0.29, 0.717) is 6.61 Å². The summed E-state index contributed by atoms with van der Waals surface area (Å²) in [5, 5.41) is 0. The predicted octanol–water partition coefficient (Wildman–Crippen LogP) is 5.71. The number of hydrogen-bond acceptors (Lipinski definition) is 6. The fourth-order valence-electron chi connectivity index (χ4n) is 7.72. The molecule has 5 rings (SSSR count). The van der Waals surface area contributed by atoms with Gasteiger partial charge < -0.3 is 14.3 Å². The average Bonchev–Trinajstić information content (AvgIpc) is 3.20. The molecule has 1 aromatic rings. The molecule has 4 aliphatic carbocycles. The highest BCUT2D eigenvalue weighted by molar-refractivity contribution is 5.72. The number of hydroxylamine groups is 1. The molecule has 1 aromatic heterocycles. The number of allylic oxidation sites excluding steroid dienone is 3. The third-order valence-electron chi connectivity index (χ3n) is 9.47. The summed E-state index contributed by atoms with van der Waals surface area (Å²) in [5.41, 5.74) is 7.83. The summed E-state index contributed by atoms with van der Waals surface area (Å²) in [6.45, 7) is 5.57. The van der Waals surface area contributed by atoms with Gasteiger partial charge in [0.25, 0.3) is 0 Å². The number of nitrogens with one attached hydrogen (secondary N) is 1. The number of fused-ring (bicyclic) bond motifs is 5. The topological polar surface area (TPSA) is 69.7 Å². The summed E-state index contributed by atoms with van der Waals surface area (Å²) in [4.78, 5) is 21.3. The van der Waals surface area contributed by atoms with Crippen molar-refractivity contribution in [3.8, 4) is 0 Å². The molecule has 0 spiro atoms. The number of carbonyl (C=O) groups excluding carboxylic acids is 1. The van der Waals surface area contributed by atoms with Crippen LogP contribution in [0, 0.1) is 28.6 Å². The second-order valence-corrected chi connectivity index (χ2v) is 11.0. The second kappa shape index (κ2) is 9.46. The van der Waals surface area contributed by atoms with Crippen molar-refractivity contribution in [2.45, 2.75) is 64.8 Å². The Kier molecular flexibility index (Phi) is 6.56. The lowest BCUT2D eigenvalue weighted by Gasteiger charge is -2.58. The molecular weight excluding hydrogens is 428 g/mol. The lowest BCUT2D eigenvalue weighted by atomic mass is 9.46. The Labute approximate surface area is 203 Å². The molecule has 4 aliphatic rings. The summed E-state index contributed by atoms with van der Waals surface area (Å²) in [7, 11) is 1.57. The van der Waals surface area contributed by atoms with Gasteiger partial charge in [-0.05, 0) is 90.7 Å². The maximum absolute atomic E-state index is 11.8. The van der Waals surface area contributed by atoms with Crippen LogP contribution in [0.1, 0.15) is 64.4 Å². The van der Waals surface area contributed by atoms with E-state index in [4.69, 9.17) is 14.3 Å². The van der Waals surface area contributed by atoms with Crippen LogP contribution in [0.15, 0.2) is 42.3 Å². The van der Waals surface area contributed by atoms with Crippen molar-refractivity contribution in [3.63, 3.8) is 0 Å². The van der Waals surface area contributed by atoms with Gasteiger partial charge in [-0.15, -0.1) is 5.48 Å². The molecule has 0 saturated heterocycles. The second-order valence-electron chi connectivity index (χ2n) is 11.0. The number of ether oxygens (including phenoxy) is 2. The average molecular weight is 467 g/mol. The molecule has 6 heteroatoms. The Morgan fingerprint density at radius 2 is 2.00 bits per heavy atom. The van der Waals surface area contributed by atoms with Crippen LogP contribution in [-0.4, -0.2) is 37.5 Å². The monoisotopic (exact) mass is 466 g/mol. The van der Waals surface area contributed by atoms with Crippen LogP contribution >= 0.6 is 0 Å². The van der Waals surface area contributed by atoms with Gasteiger partial charge in [0.15, 0.2) is 0 Å². The third-order valence-corrected chi connectivity index (χ3v) is 9.47. The highest BCUT2D eigenvalue weighted by Gasteiger charge is 2.57. The summed E-state index contributed by atoms with van der Waals surface area (Å²) in [6, 6.07) is 4.34. The quantitative estimate of drug-likeness (QED) is 0.251. The van der Waals surface area contributed by atoms with Gasteiger partial charge in [0.1, 0.15) is 6.61 Å². The van der Waals surface area contributed by atoms with Crippen LogP contribution in [0.5, 0.6) is 0 Å². The summed E-state index contributed by atoms with van der Waals surface area (Å²) in [5.74, 6) is 2.22. The van der Waals surface area contributed by atoms with Crippen LogP contribution in [0.2, 0.25) is 0 Å². The minimum atomic E-state index is -0.697. The van der Waals surface area contributed by atoms with Crippen molar-refractivity contribution in [2.24, 2.45) is 28.6 Å². The molecule has 34 heavy (non-hydrogen) atoms. The van der Waals surface area contributed by atoms with Crippen molar-refractivity contribution in [1.29, 1.82) is 0 Å². The van der Waals surface area contributed by atoms with Gasteiger partial charge in [-0.3, -0.25) is 4.98 Å². The van der Waals surface area contributed by atoms with Crippen LogP contribution in [0.25, 0.3) is 5.57 Å². The number of aromatic nitrogens is 1. The molecule has 2 saturated carbocycles. The number of methoxy groups -OCH3 is 1. The Morgan fingerprint density at radius 3 is 2.79 bits per heavy atom. The molecule has 0 aliphatic heterocycles. The number of pyridine rings is 1. The zero-order valence-electron chi connectivity index (χ0n) is 20.7. The molecule has 0 bridgehead atoms. The maximum atomic E-state index is 11.8. The van der Waals surface area contributed by atoms with E-state index in [-0.39, 0.29) is 23.5 Å². The Morgan fingerprint density at radius 1 is 1.15 bits per heavy atom. The first kappa shape index (κ1) is 23.6. The number of nitrogens with zero attached hydrogens (tertiary/aromatic N) is 1. The van der Waals surface area contributed by atoms with Gasteiger partial charge in [-0.1, -0.05) is 37.6 Å². The minimum absolute atomic E-state index is 0.0498. The zero-order valence-corrected chi connectivity index (χ0v) is 20.7. The molecule has 6 nitrogen and oxygen atoms in total. The molecule has 1 N–H and O–H groups in total. The van der Waals surface area contributed by atoms with Crippen LogP contribution in [0.3, 0.4) is 0 Å². The van der Waals surface area contributed by atoms with Crippen molar-refractivity contribution >= 4 is 11.7 Å². The molecule has 1 heterocycles. The molecule has 184 valence electrons. The van der Waals surface area contributed by atoms with Gasteiger partial charge in [0, 0.05) is 19.5 Å². The molecular formula is C28H38N2O4. The first-order valence-corrected chi connectivity index (χ1v) is 12.9. The van der Waals surface area contributed by atoms with Gasteiger partial charge in [0.2, 0.25) is 0 Å². The van der Waals surface area contributed by atoms with E-state index >= 15 is 0 Å². The van der Waals surface area contributed by atoms with E-state index in [0.717, 1.165) is 37.0 Å². The van der Waals surface area contributed by atoms with Crippen LogP contribution < -0.4 is 5.48 Å². The van der Waals surface area contributed by atoms with Crippen molar-refractivity contribution in [3.05, 3.63) is 47.8 Å². The first-order valence-electron chi connectivity index (χ1n) is 12.9. The standard InChI is InChI=1S/C28H38N2O4/c1-27-12-10-21(30-34-26(31)33-16-15-32-3)17-20(27)6-7-22-24-9-8-23(19-5-4-14-29-18-19)28(24,2)13-11-25(22)27/h4-5,8,14,17-18,21-22,24-25,30H,6-7,9-13,15-16H2,1-3H3/t21?,22-,24+,25+,27+,28-/m1/s1. The summed E-state index contributed by atoms with van der Waals surface area (Å²) >= 11 is 0. The largest absolute Gasteiger partial charge is 0.527 e. The Balaban J connectivity index is 1.26. The fourth-order valence-corrected chi connectivity index (χ4v) is 7.72. The van der Waals surface area contributed by atoms with E-state index in [1.165, 1.54) is 36.8 Å². The van der Waals surface area contributed by atoms with Gasteiger partial charge in [-0.25, -0.2) is 4.79 Å². The smallest absolute Gasteiger partial charge is 0.431 e. The SMILES string of the molecule is COCCOC(=O)ONC1C=C2CC[C@H]3[C@H](CC[C@]4(C)C(c5cccnc5)=CC[C@@H]34)[C@@]2(C)CC1. The molecule has 0 aromatic carbocycles. The normalized spacial score (nSPS) is 36.4. The lowest BCUT2D eigenvalue weighted by molar-refractivity contribution is -0.0312. The van der Waals surface area contributed by atoms with Crippen LogP contribution in [-0.2, 0) is 14.3 Å². The van der Waals surface area contributed by atoms with E-state index in [2.05, 4.69) is 48.6 Å². The van der Waals surface area contributed by atoms with Crippen molar-refractivity contribution in [2.75, 3.05) is 20.3 Å². The maximum Gasteiger partial charge on any atom is 0.527 e. The van der Waals surface area contributed by atoms with E-state index < -0.39 is 6.16 Å². The minimum Gasteiger partial charge on any atom is -0.431 e. The molecule has 2 fully saturated rings. The molecule has 0 radical (unpaired) electrons. The zero-order chi connectivity index (χ0) is 23.8. The van der Waals surface area contributed by atoms with E-state index in [9.17, 15) is 4.79 Å². The molecule has 0 amide bonds. The predicted molar refractivity (Wildman–Crippen MR) is 131 cm³/mol. The first-order chi connectivity index (χ1) is 16.5.